The third kappa shape index (κ3) is 6.26. The molecule has 0 heterocycles. The molecule has 0 saturated heterocycles. The highest BCUT2D eigenvalue weighted by atomic mass is 19.1. The SMILES string of the molecule is COC(=O)C[C@H](O)C[C@H](O)/C=C/C1=C(c2ccc(F)c(C)c2)CC(C)(C)CC1(C)C. The molecule has 2 N–H and O–H groups in total. The molecule has 5 heteroatoms. The van der Waals surface area contributed by atoms with Crippen molar-refractivity contribution < 1.29 is 24.1 Å². The fourth-order valence-electron chi connectivity index (χ4n) is 4.68. The van der Waals surface area contributed by atoms with Crippen LogP contribution in [0.2, 0.25) is 0 Å². The van der Waals surface area contributed by atoms with Crippen LogP contribution in [0.4, 0.5) is 4.39 Å². The van der Waals surface area contributed by atoms with Crippen molar-refractivity contribution in [1.82, 2.24) is 0 Å². The van der Waals surface area contributed by atoms with E-state index in [2.05, 4.69) is 32.4 Å². The van der Waals surface area contributed by atoms with Gasteiger partial charge in [-0.25, -0.2) is 4.39 Å². The summed E-state index contributed by atoms with van der Waals surface area (Å²) < 4.78 is 18.4. The predicted molar refractivity (Wildman–Crippen MR) is 117 cm³/mol. The van der Waals surface area contributed by atoms with Crippen LogP contribution in [0.5, 0.6) is 0 Å². The number of hydrogen-bond donors (Lipinski definition) is 2. The van der Waals surface area contributed by atoms with Gasteiger partial charge in [0.05, 0.1) is 25.7 Å². The maximum Gasteiger partial charge on any atom is 0.308 e. The summed E-state index contributed by atoms with van der Waals surface area (Å²) in [4.78, 5) is 11.3. The number of carbonyl (C=O) groups is 1. The summed E-state index contributed by atoms with van der Waals surface area (Å²) in [5.41, 5.74) is 3.81. The lowest BCUT2D eigenvalue weighted by molar-refractivity contribution is -0.143. The third-order valence-electron chi connectivity index (χ3n) is 5.77. The van der Waals surface area contributed by atoms with E-state index in [1.165, 1.54) is 13.2 Å². The summed E-state index contributed by atoms with van der Waals surface area (Å²) in [5.74, 6) is -0.730. The van der Waals surface area contributed by atoms with Gasteiger partial charge in [0, 0.05) is 6.42 Å². The lowest BCUT2D eigenvalue weighted by Gasteiger charge is -2.43. The van der Waals surface area contributed by atoms with Crippen molar-refractivity contribution in [3.63, 3.8) is 0 Å². The summed E-state index contributed by atoms with van der Waals surface area (Å²) in [6, 6.07) is 5.21. The standard InChI is InChI=1S/C25H35FO4/c1-16-11-17(7-10-22(16)26)20-14-24(2,3)15-25(4,5)21(20)9-8-18(27)12-19(28)13-23(29)30-6/h7-11,18-19,27-28H,12-15H2,1-6H3/b9-8+/t18-,19-/m1/s1. The Morgan fingerprint density at radius 3 is 2.53 bits per heavy atom. The van der Waals surface area contributed by atoms with E-state index in [9.17, 15) is 19.4 Å². The molecular formula is C25H35FO4. The highest BCUT2D eigenvalue weighted by Gasteiger charge is 2.38. The van der Waals surface area contributed by atoms with Gasteiger partial charge in [-0.2, -0.15) is 0 Å². The minimum Gasteiger partial charge on any atom is -0.469 e. The summed E-state index contributed by atoms with van der Waals surface area (Å²) in [5, 5.41) is 20.3. The second kappa shape index (κ2) is 9.44. The van der Waals surface area contributed by atoms with Crippen LogP contribution in [0, 0.1) is 23.6 Å². The second-order valence-corrected chi connectivity index (χ2v) is 9.85. The van der Waals surface area contributed by atoms with Gasteiger partial charge in [-0.1, -0.05) is 45.9 Å². The van der Waals surface area contributed by atoms with E-state index >= 15 is 0 Å². The number of aliphatic hydroxyl groups is 2. The molecule has 4 nitrogen and oxygen atoms in total. The van der Waals surface area contributed by atoms with Gasteiger partial charge in [-0.15, -0.1) is 0 Å². The van der Waals surface area contributed by atoms with E-state index in [-0.39, 0.29) is 29.5 Å². The van der Waals surface area contributed by atoms with Crippen LogP contribution in [-0.2, 0) is 9.53 Å². The average molecular weight is 419 g/mol. The number of ether oxygens (including phenoxy) is 1. The minimum atomic E-state index is -0.969. The van der Waals surface area contributed by atoms with Gasteiger partial charge in [0.15, 0.2) is 0 Å². The molecule has 0 unspecified atom stereocenters. The first kappa shape index (κ1) is 24.3. The number of benzene rings is 1. The van der Waals surface area contributed by atoms with Crippen LogP contribution >= 0.6 is 0 Å². The normalized spacial score (nSPS) is 20.3. The van der Waals surface area contributed by atoms with Crippen LogP contribution in [-0.4, -0.2) is 35.5 Å². The molecule has 1 aliphatic carbocycles. The number of halogens is 1. The largest absolute Gasteiger partial charge is 0.469 e. The zero-order chi connectivity index (χ0) is 22.7. The van der Waals surface area contributed by atoms with Crippen LogP contribution in [0.25, 0.3) is 5.57 Å². The molecule has 1 aromatic carbocycles. The topological polar surface area (TPSA) is 66.8 Å². The summed E-state index contributed by atoms with van der Waals surface area (Å²) in [6.07, 6.45) is 3.47. The van der Waals surface area contributed by atoms with Gasteiger partial charge in [-0.3, -0.25) is 4.79 Å². The van der Waals surface area contributed by atoms with E-state index in [0.29, 0.717) is 5.56 Å². The molecule has 0 fully saturated rings. The Bertz CT molecular complexity index is 836. The molecule has 2 atom stereocenters. The van der Waals surface area contributed by atoms with E-state index in [1.807, 2.05) is 18.2 Å². The Morgan fingerprint density at radius 1 is 1.27 bits per heavy atom. The van der Waals surface area contributed by atoms with Gasteiger partial charge in [0.25, 0.3) is 0 Å². The first-order chi connectivity index (χ1) is 13.8. The van der Waals surface area contributed by atoms with Gasteiger partial charge >= 0.3 is 5.97 Å². The number of rotatable bonds is 7. The molecular weight excluding hydrogens is 383 g/mol. The van der Waals surface area contributed by atoms with Crippen molar-refractivity contribution in [2.75, 3.05) is 7.11 Å². The Labute approximate surface area is 179 Å². The summed E-state index contributed by atoms with van der Waals surface area (Å²) >= 11 is 0. The van der Waals surface area contributed by atoms with Crippen LogP contribution in [0.1, 0.15) is 64.5 Å². The molecule has 0 aliphatic heterocycles. The smallest absolute Gasteiger partial charge is 0.308 e. The quantitative estimate of drug-likeness (QED) is 0.614. The molecule has 0 saturated carbocycles. The van der Waals surface area contributed by atoms with Crippen molar-refractivity contribution in [1.29, 1.82) is 0 Å². The monoisotopic (exact) mass is 418 g/mol. The summed E-state index contributed by atoms with van der Waals surface area (Å²) in [6.45, 7) is 10.6. The van der Waals surface area contributed by atoms with Gasteiger partial charge in [0.2, 0.25) is 0 Å². The minimum absolute atomic E-state index is 0.0514. The van der Waals surface area contributed by atoms with Crippen LogP contribution < -0.4 is 0 Å². The highest BCUT2D eigenvalue weighted by Crippen LogP contribution is 2.52. The number of hydrogen-bond acceptors (Lipinski definition) is 4. The molecule has 166 valence electrons. The number of esters is 1. The Kier molecular flexibility index (Phi) is 7.64. The molecule has 1 aliphatic rings. The number of allylic oxidation sites excluding steroid dienone is 3. The van der Waals surface area contributed by atoms with Gasteiger partial charge in [0.1, 0.15) is 5.82 Å². The van der Waals surface area contributed by atoms with Crippen LogP contribution in [0.3, 0.4) is 0 Å². The molecule has 30 heavy (non-hydrogen) atoms. The zero-order valence-electron chi connectivity index (χ0n) is 19.0. The molecule has 0 spiro atoms. The molecule has 0 radical (unpaired) electrons. The first-order valence-electron chi connectivity index (χ1n) is 10.5. The highest BCUT2D eigenvalue weighted by molar-refractivity contribution is 5.74. The van der Waals surface area contributed by atoms with Crippen LogP contribution in [0.15, 0.2) is 35.9 Å². The Balaban J connectivity index is 2.37. The van der Waals surface area contributed by atoms with Crippen molar-refractivity contribution >= 4 is 11.5 Å². The number of aryl methyl sites for hydroxylation is 1. The number of carbonyl (C=O) groups excluding carboxylic acids is 1. The maximum atomic E-state index is 13.8. The predicted octanol–water partition coefficient (Wildman–Crippen LogP) is 4.97. The zero-order valence-corrected chi connectivity index (χ0v) is 19.0. The fraction of sp³-hybridized carbons (Fsp3) is 0.560. The fourth-order valence-corrected chi connectivity index (χ4v) is 4.68. The van der Waals surface area contributed by atoms with E-state index < -0.39 is 18.2 Å². The third-order valence-corrected chi connectivity index (χ3v) is 5.77. The summed E-state index contributed by atoms with van der Waals surface area (Å²) in [7, 11) is 1.27. The van der Waals surface area contributed by atoms with Crippen molar-refractivity contribution in [3.8, 4) is 0 Å². The number of methoxy groups -OCH3 is 1. The van der Waals surface area contributed by atoms with Crippen molar-refractivity contribution in [2.24, 2.45) is 10.8 Å². The second-order valence-electron chi connectivity index (χ2n) is 9.85. The average Bonchev–Trinajstić information content (AvgIpc) is 2.60. The lowest BCUT2D eigenvalue weighted by Crippen LogP contribution is -2.30. The first-order valence-corrected chi connectivity index (χ1v) is 10.5. The molecule has 0 aromatic heterocycles. The molecule has 0 bridgehead atoms. The lowest BCUT2D eigenvalue weighted by atomic mass is 9.61. The van der Waals surface area contributed by atoms with E-state index in [4.69, 9.17) is 0 Å². The van der Waals surface area contributed by atoms with Gasteiger partial charge < -0.3 is 14.9 Å². The van der Waals surface area contributed by atoms with Gasteiger partial charge in [-0.05, 0) is 65.0 Å². The number of aliphatic hydroxyl groups excluding tert-OH is 2. The van der Waals surface area contributed by atoms with E-state index in [1.54, 1.807) is 13.0 Å². The van der Waals surface area contributed by atoms with Crippen molar-refractivity contribution in [2.45, 2.75) is 72.5 Å². The molecule has 0 amide bonds. The molecule has 1 aromatic rings. The Morgan fingerprint density at radius 2 is 1.93 bits per heavy atom. The maximum absolute atomic E-state index is 13.8. The van der Waals surface area contributed by atoms with E-state index in [0.717, 1.165) is 29.6 Å². The van der Waals surface area contributed by atoms with Crippen molar-refractivity contribution in [3.05, 3.63) is 52.9 Å². The molecule has 2 rings (SSSR count). The Hall–Kier alpha value is -1.98.